The highest BCUT2D eigenvalue weighted by atomic mass is 16.5. The first-order valence-electron chi connectivity index (χ1n) is 10.3. The molecule has 1 aromatic carbocycles. The van der Waals surface area contributed by atoms with Gasteiger partial charge in [-0.15, -0.1) is 0 Å². The molecule has 3 saturated heterocycles. The van der Waals surface area contributed by atoms with E-state index in [9.17, 15) is 4.79 Å². The van der Waals surface area contributed by atoms with Crippen LogP contribution in [-0.4, -0.2) is 52.6 Å². The zero-order chi connectivity index (χ0) is 18.2. The first-order chi connectivity index (χ1) is 13.3. The summed E-state index contributed by atoms with van der Waals surface area (Å²) < 4.78 is 5.11. The molecule has 2 aromatic rings. The van der Waals surface area contributed by atoms with Gasteiger partial charge in [-0.25, -0.2) is 0 Å². The minimum absolute atomic E-state index is 0.00675. The molecule has 5 heteroatoms. The van der Waals surface area contributed by atoms with E-state index in [0.29, 0.717) is 29.7 Å². The maximum absolute atomic E-state index is 12.7. The van der Waals surface area contributed by atoms with Crippen LogP contribution in [0, 0.1) is 11.8 Å². The molecule has 1 aromatic heterocycles. The second kappa shape index (κ2) is 7.12. The Balaban J connectivity index is 1.31. The van der Waals surface area contributed by atoms with Crippen LogP contribution >= 0.6 is 0 Å². The Morgan fingerprint density at radius 3 is 2.81 bits per heavy atom. The fourth-order valence-corrected chi connectivity index (χ4v) is 5.66. The van der Waals surface area contributed by atoms with Gasteiger partial charge in [0.15, 0.2) is 0 Å². The van der Waals surface area contributed by atoms with Gasteiger partial charge in [0, 0.05) is 37.8 Å². The third kappa shape index (κ3) is 3.29. The number of carbonyl (C=O) groups is 1. The van der Waals surface area contributed by atoms with Crippen LogP contribution in [0.4, 0.5) is 0 Å². The molecular formula is C22H27N3O2. The lowest BCUT2D eigenvalue weighted by Crippen LogP contribution is -2.62. The Bertz CT molecular complexity index is 776. The fourth-order valence-electron chi connectivity index (χ4n) is 5.66. The first-order valence-corrected chi connectivity index (χ1v) is 10.3. The average Bonchev–Trinajstić information content (AvgIpc) is 3.23. The summed E-state index contributed by atoms with van der Waals surface area (Å²) in [6.45, 7) is 2.82. The molecule has 5 rings (SSSR count). The fraction of sp³-hybridized carbons (Fsp3) is 0.545. The summed E-state index contributed by atoms with van der Waals surface area (Å²) in [5.74, 6) is 1.54. The Labute approximate surface area is 160 Å². The molecular weight excluding hydrogens is 338 g/mol. The number of piperidine rings is 3. The number of amides is 1. The molecule has 27 heavy (non-hydrogen) atoms. The van der Waals surface area contributed by atoms with Crippen molar-refractivity contribution in [2.75, 3.05) is 19.6 Å². The SMILES string of the molecule is O=C(c1ccno1)N1C[C@@H]2C[C@H](C1)[C@@H]1CCC[C@H](Cc3ccccc3)N1C2. The van der Waals surface area contributed by atoms with Crippen molar-refractivity contribution in [2.45, 2.75) is 44.2 Å². The molecule has 3 fully saturated rings. The van der Waals surface area contributed by atoms with Crippen LogP contribution in [0.3, 0.4) is 0 Å². The molecule has 0 saturated carbocycles. The summed E-state index contributed by atoms with van der Waals surface area (Å²) in [4.78, 5) is 17.5. The van der Waals surface area contributed by atoms with Gasteiger partial charge in [-0.2, -0.15) is 0 Å². The van der Waals surface area contributed by atoms with Crippen molar-refractivity contribution >= 4 is 5.91 Å². The molecule has 0 aliphatic carbocycles. The van der Waals surface area contributed by atoms with Gasteiger partial charge < -0.3 is 9.42 Å². The molecule has 1 amide bonds. The molecule has 0 unspecified atom stereocenters. The maximum Gasteiger partial charge on any atom is 0.292 e. The van der Waals surface area contributed by atoms with Gasteiger partial charge in [-0.3, -0.25) is 9.69 Å². The number of benzene rings is 1. The molecule has 0 radical (unpaired) electrons. The van der Waals surface area contributed by atoms with Gasteiger partial charge in [0.25, 0.3) is 5.91 Å². The highest BCUT2D eigenvalue weighted by Crippen LogP contribution is 2.40. The van der Waals surface area contributed by atoms with Gasteiger partial charge >= 0.3 is 0 Å². The molecule has 4 heterocycles. The number of likely N-dealkylation sites (tertiary alicyclic amines) is 1. The summed E-state index contributed by atoms with van der Waals surface area (Å²) >= 11 is 0. The molecule has 4 atom stereocenters. The van der Waals surface area contributed by atoms with Crippen LogP contribution in [0.5, 0.6) is 0 Å². The second-order valence-corrected chi connectivity index (χ2v) is 8.49. The van der Waals surface area contributed by atoms with E-state index >= 15 is 0 Å². The highest BCUT2D eigenvalue weighted by Gasteiger charge is 2.45. The number of aromatic nitrogens is 1. The number of hydrogen-bond acceptors (Lipinski definition) is 4. The van der Waals surface area contributed by atoms with Crippen LogP contribution in [0.1, 0.15) is 41.8 Å². The minimum atomic E-state index is 0.00675. The Hall–Kier alpha value is -2.14. The van der Waals surface area contributed by atoms with Gasteiger partial charge in [-0.1, -0.05) is 41.9 Å². The van der Waals surface area contributed by atoms with E-state index in [1.807, 2.05) is 4.90 Å². The quantitative estimate of drug-likeness (QED) is 0.838. The standard InChI is InChI=1S/C22H27N3O2/c26-22(21-9-10-23-27-21)24-13-17-11-18(15-24)20-8-4-7-19(25(20)14-17)12-16-5-2-1-3-6-16/h1-3,5-6,9-10,17-20H,4,7-8,11-15H2/t17-,18+,19+,20-/m0/s1. The summed E-state index contributed by atoms with van der Waals surface area (Å²) in [5.41, 5.74) is 1.45. The van der Waals surface area contributed by atoms with Crippen molar-refractivity contribution in [3.05, 3.63) is 53.9 Å². The zero-order valence-corrected chi connectivity index (χ0v) is 15.7. The summed E-state index contributed by atoms with van der Waals surface area (Å²) in [5, 5.41) is 3.69. The molecule has 142 valence electrons. The summed E-state index contributed by atoms with van der Waals surface area (Å²) in [6, 6.07) is 13.8. The van der Waals surface area contributed by atoms with Crippen LogP contribution in [0.2, 0.25) is 0 Å². The molecule has 3 aliphatic heterocycles. The number of carbonyl (C=O) groups excluding carboxylic acids is 1. The maximum atomic E-state index is 12.7. The molecule has 2 bridgehead atoms. The molecule has 3 aliphatic rings. The first kappa shape index (κ1) is 17.0. The lowest BCUT2D eigenvalue weighted by atomic mass is 9.74. The lowest BCUT2D eigenvalue weighted by molar-refractivity contribution is -0.0504. The van der Waals surface area contributed by atoms with Crippen LogP contribution < -0.4 is 0 Å². The molecule has 0 spiro atoms. The Kier molecular flexibility index (Phi) is 4.48. The van der Waals surface area contributed by atoms with Crippen LogP contribution in [0.15, 0.2) is 47.1 Å². The van der Waals surface area contributed by atoms with E-state index in [-0.39, 0.29) is 5.91 Å². The summed E-state index contributed by atoms with van der Waals surface area (Å²) in [6.07, 6.45) is 7.83. The number of fused-ring (bicyclic) bond motifs is 4. The predicted molar refractivity (Wildman–Crippen MR) is 102 cm³/mol. The van der Waals surface area contributed by atoms with E-state index in [1.165, 1.54) is 31.2 Å². The van der Waals surface area contributed by atoms with Crippen molar-refractivity contribution < 1.29 is 9.32 Å². The van der Waals surface area contributed by atoms with E-state index < -0.39 is 0 Å². The van der Waals surface area contributed by atoms with Crippen molar-refractivity contribution in [2.24, 2.45) is 11.8 Å². The highest BCUT2D eigenvalue weighted by molar-refractivity contribution is 5.91. The van der Waals surface area contributed by atoms with Crippen molar-refractivity contribution in [1.82, 2.24) is 15.0 Å². The number of nitrogens with zero attached hydrogens (tertiary/aromatic N) is 3. The van der Waals surface area contributed by atoms with Crippen molar-refractivity contribution in [3.8, 4) is 0 Å². The third-order valence-electron chi connectivity index (χ3n) is 6.76. The number of rotatable bonds is 3. The van der Waals surface area contributed by atoms with Gasteiger partial charge in [-0.05, 0) is 43.1 Å². The van der Waals surface area contributed by atoms with Crippen molar-refractivity contribution in [3.63, 3.8) is 0 Å². The molecule has 0 N–H and O–H groups in total. The van der Waals surface area contributed by atoms with Crippen LogP contribution in [-0.2, 0) is 6.42 Å². The summed E-state index contributed by atoms with van der Waals surface area (Å²) in [7, 11) is 0. The van der Waals surface area contributed by atoms with Gasteiger partial charge in [0.05, 0.1) is 6.20 Å². The van der Waals surface area contributed by atoms with E-state index in [4.69, 9.17) is 4.52 Å². The smallest absolute Gasteiger partial charge is 0.292 e. The molecule has 5 nitrogen and oxygen atoms in total. The van der Waals surface area contributed by atoms with E-state index in [0.717, 1.165) is 26.1 Å². The van der Waals surface area contributed by atoms with Gasteiger partial charge in [0.2, 0.25) is 5.76 Å². The van der Waals surface area contributed by atoms with E-state index in [2.05, 4.69) is 40.4 Å². The minimum Gasteiger partial charge on any atom is -0.351 e. The van der Waals surface area contributed by atoms with E-state index in [1.54, 1.807) is 12.3 Å². The van der Waals surface area contributed by atoms with Crippen LogP contribution in [0.25, 0.3) is 0 Å². The monoisotopic (exact) mass is 365 g/mol. The number of hydrogen-bond donors (Lipinski definition) is 0. The second-order valence-electron chi connectivity index (χ2n) is 8.49. The topological polar surface area (TPSA) is 49.6 Å². The average molecular weight is 365 g/mol. The lowest BCUT2D eigenvalue weighted by Gasteiger charge is -2.55. The van der Waals surface area contributed by atoms with Crippen molar-refractivity contribution in [1.29, 1.82) is 0 Å². The Morgan fingerprint density at radius 1 is 1.11 bits per heavy atom. The predicted octanol–water partition coefficient (Wildman–Crippen LogP) is 3.23. The zero-order valence-electron chi connectivity index (χ0n) is 15.7. The normalized spacial score (nSPS) is 30.7. The van der Waals surface area contributed by atoms with Gasteiger partial charge in [0.1, 0.15) is 0 Å². The third-order valence-corrected chi connectivity index (χ3v) is 6.76. The largest absolute Gasteiger partial charge is 0.351 e. The Morgan fingerprint density at radius 2 is 2.00 bits per heavy atom.